The monoisotopic (exact) mass is 359 g/mol. The second-order valence-corrected chi connectivity index (χ2v) is 5.83. The van der Waals surface area contributed by atoms with Gasteiger partial charge in [0.25, 0.3) is 5.91 Å². The van der Waals surface area contributed by atoms with Crippen molar-refractivity contribution in [2.24, 2.45) is 0 Å². The van der Waals surface area contributed by atoms with E-state index in [-0.39, 0.29) is 11.5 Å². The number of hydrogen-bond acceptors (Lipinski definition) is 7. The predicted octanol–water partition coefficient (Wildman–Crippen LogP) is 2.74. The van der Waals surface area contributed by atoms with Gasteiger partial charge in [-0.25, -0.2) is 9.78 Å². The molecule has 130 valence electrons. The molecule has 0 fully saturated rings. The molecule has 1 heterocycles. The van der Waals surface area contributed by atoms with Gasteiger partial charge in [-0.2, -0.15) is 0 Å². The van der Waals surface area contributed by atoms with Gasteiger partial charge in [0.05, 0.1) is 0 Å². The van der Waals surface area contributed by atoms with Gasteiger partial charge in [0, 0.05) is 23.2 Å². The van der Waals surface area contributed by atoms with Crippen LogP contribution >= 0.6 is 11.3 Å². The molecule has 7 nitrogen and oxygen atoms in total. The summed E-state index contributed by atoms with van der Waals surface area (Å²) in [6, 6.07) is 6.51. The van der Waals surface area contributed by atoms with Gasteiger partial charge in [0.1, 0.15) is 0 Å². The molecule has 0 saturated carbocycles. The standard InChI is InChI=1S/C17H17N3O4S/c1-3-7-18-17-20-14(10-25-17)16(23)24-9-15(22)19-13-6-4-5-12(8-13)11(2)21/h3-6,8,10H,1,7,9H2,2H3,(H,18,20)(H,19,22). The summed E-state index contributed by atoms with van der Waals surface area (Å²) in [6.07, 6.45) is 1.67. The summed E-state index contributed by atoms with van der Waals surface area (Å²) in [6.45, 7) is 5.10. The number of aromatic nitrogens is 1. The van der Waals surface area contributed by atoms with E-state index in [4.69, 9.17) is 4.74 Å². The molecule has 0 radical (unpaired) electrons. The van der Waals surface area contributed by atoms with Crippen LogP contribution in [0.2, 0.25) is 0 Å². The van der Waals surface area contributed by atoms with Crippen molar-refractivity contribution in [3.05, 3.63) is 53.6 Å². The maximum Gasteiger partial charge on any atom is 0.358 e. The normalized spacial score (nSPS) is 9.96. The van der Waals surface area contributed by atoms with Crippen molar-refractivity contribution in [3.63, 3.8) is 0 Å². The summed E-state index contributed by atoms with van der Waals surface area (Å²) in [5, 5.41) is 7.63. The van der Waals surface area contributed by atoms with E-state index in [1.54, 1.807) is 35.7 Å². The molecule has 0 aliphatic rings. The zero-order valence-corrected chi connectivity index (χ0v) is 14.4. The van der Waals surface area contributed by atoms with Gasteiger partial charge >= 0.3 is 5.97 Å². The zero-order valence-electron chi connectivity index (χ0n) is 13.6. The second-order valence-electron chi connectivity index (χ2n) is 4.97. The molecule has 1 aromatic carbocycles. The first kappa shape index (κ1) is 18.3. The number of esters is 1. The fourth-order valence-corrected chi connectivity index (χ4v) is 2.52. The molecule has 2 N–H and O–H groups in total. The molecule has 2 aromatic rings. The number of ketones is 1. The summed E-state index contributed by atoms with van der Waals surface area (Å²) < 4.78 is 4.94. The maximum atomic E-state index is 11.9. The van der Waals surface area contributed by atoms with Crippen LogP contribution in [0.15, 0.2) is 42.3 Å². The van der Waals surface area contributed by atoms with E-state index in [1.807, 2.05) is 0 Å². The lowest BCUT2D eigenvalue weighted by atomic mass is 10.1. The molecule has 1 aromatic heterocycles. The Morgan fingerprint density at radius 1 is 1.36 bits per heavy atom. The van der Waals surface area contributed by atoms with Gasteiger partial charge < -0.3 is 15.4 Å². The highest BCUT2D eigenvalue weighted by Gasteiger charge is 2.14. The Morgan fingerprint density at radius 2 is 2.16 bits per heavy atom. The summed E-state index contributed by atoms with van der Waals surface area (Å²) >= 11 is 1.26. The summed E-state index contributed by atoms with van der Waals surface area (Å²) in [5.41, 5.74) is 1.07. The van der Waals surface area contributed by atoms with Gasteiger partial charge in [-0.15, -0.1) is 17.9 Å². The van der Waals surface area contributed by atoms with Crippen molar-refractivity contribution in [2.45, 2.75) is 6.92 Å². The van der Waals surface area contributed by atoms with Crippen molar-refractivity contribution >= 4 is 39.8 Å². The van der Waals surface area contributed by atoms with E-state index >= 15 is 0 Å². The number of benzene rings is 1. The van der Waals surface area contributed by atoms with Crippen LogP contribution in [-0.4, -0.2) is 35.8 Å². The van der Waals surface area contributed by atoms with E-state index < -0.39 is 18.5 Å². The van der Waals surface area contributed by atoms with E-state index in [0.717, 1.165) is 0 Å². The fourth-order valence-electron chi connectivity index (χ4n) is 1.83. The second kappa shape index (κ2) is 8.74. The van der Waals surface area contributed by atoms with Crippen molar-refractivity contribution in [3.8, 4) is 0 Å². The third kappa shape index (κ3) is 5.54. The maximum absolute atomic E-state index is 11.9. The quantitative estimate of drug-likeness (QED) is 0.427. The SMILES string of the molecule is C=CCNc1nc(C(=O)OCC(=O)Nc2cccc(C(C)=O)c2)cs1. The minimum Gasteiger partial charge on any atom is -0.451 e. The third-order valence-electron chi connectivity index (χ3n) is 3.00. The van der Waals surface area contributed by atoms with Crippen molar-refractivity contribution in [1.82, 2.24) is 4.98 Å². The molecule has 0 aliphatic carbocycles. The highest BCUT2D eigenvalue weighted by molar-refractivity contribution is 7.13. The van der Waals surface area contributed by atoms with Crippen LogP contribution in [0.1, 0.15) is 27.8 Å². The Labute approximate surface area is 148 Å². The molecule has 0 bridgehead atoms. The zero-order chi connectivity index (χ0) is 18.2. The molecule has 0 saturated heterocycles. The number of carbonyl (C=O) groups is 3. The third-order valence-corrected chi connectivity index (χ3v) is 3.80. The number of thiazole rings is 1. The van der Waals surface area contributed by atoms with Gasteiger partial charge in [-0.3, -0.25) is 9.59 Å². The molecular weight excluding hydrogens is 342 g/mol. The summed E-state index contributed by atoms with van der Waals surface area (Å²) in [5.74, 6) is -1.29. The van der Waals surface area contributed by atoms with E-state index in [0.29, 0.717) is 22.9 Å². The number of Topliss-reactive ketones (excluding diaryl/α,β-unsaturated/α-hetero) is 1. The number of ether oxygens (including phenoxy) is 1. The number of carbonyl (C=O) groups excluding carboxylic acids is 3. The Balaban J connectivity index is 1.86. The minimum atomic E-state index is -0.685. The molecular formula is C17H17N3O4S. The first-order valence-electron chi connectivity index (χ1n) is 7.38. The van der Waals surface area contributed by atoms with Crippen molar-refractivity contribution < 1.29 is 19.1 Å². The topological polar surface area (TPSA) is 97.4 Å². The van der Waals surface area contributed by atoms with Crippen LogP contribution in [-0.2, 0) is 9.53 Å². The van der Waals surface area contributed by atoms with Gasteiger partial charge in [0.2, 0.25) is 0 Å². The molecule has 1 amide bonds. The summed E-state index contributed by atoms with van der Waals surface area (Å²) in [4.78, 5) is 39.1. The Kier molecular flexibility index (Phi) is 6.41. The lowest BCUT2D eigenvalue weighted by Gasteiger charge is -2.06. The number of rotatable bonds is 8. The predicted molar refractivity (Wildman–Crippen MR) is 96.2 cm³/mol. The van der Waals surface area contributed by atoms with E-state index in [9.17, 15) is 14.4 Å². The average molecular weight is 359 g/mol. The van der Waals surface area contributed by atoms with Crippen LogP contribution < -0.4 is 10.6 Å². The van der Waals surface area contributed by atoms with Gasteiger partial charge in [-0.1, -0.05) is 18.2 Å². The van der Waals surface area contributed by atoms with E-state index in [2.05, 4.69) is 22.2 Å². The van der Waals surface area contributed by atoms with Crippen LogP contribution in [0.5, 0.6) is 0 Å². The molecule has 0 spiro atoms. The van der Waals surface area contributed by atoms with E-state index in [1.165, 1.54) is 18.3 Å². The van der Waals surface area contributed by atoms with Gasteiger partial charge in [0.15, 0.2) is 23.2 Å². The smallest absolute Gasteiger partial charge is 0.358 e. The molecule has 8 heteroatoms. The Bertz CT molecular complexity index is 801. The number of nitrogens with zero attached hydrogens (tertiary/aromatic N) is 1. The van der Waals surface area contributed by atoms with Crippen LogP contribution in [0.25, 0.3) is 0 Å². The van der Waals surface area contributed by atoms with Crippen molar-refractivity contribution in [1.29, 1.82) is 0 Å². The minimum absolute atomic E-state index is 0.105. The average Bonchev–Trinajstić information content (AvgIpc) is 3.07. The molecule has 2 rings (SSSR count). The Hall–Kier alpha value is -3.00. The number of anilines is 2. The number of amides is 1. The fraction of sp³-hybridized carbons (Fsp3) is 0.176. The van der Waals surface area contributed by atoms with Crippen LogP contribution in [0.3, 0.4) is 0 Å². The molecule has 0 atom stereocenters. The van der Waals surface area contributed by atoms with Crippen LogP contribution in [0, 0.1) is 0 Å². The molecule has 25 heavy (non-hydrogen) atoms. The van der Waals surface area contributed by atoms with Crippen molar-refractivity contribution in [2.75, 3.05) is 23.8 Å². The largest absolute Gasteiger partial charge is 0.451 e. The highest BCUT2D eigenvalue weighted by atomic mass is 32.1. The lowest BCUT2D eigenvalue weighted by Crippen LogP contribution is -2.21. The highest BCUT2D eigenvalue weighted by Crippen LogP contribution is 2.16. The number of hydrogen-bond donors (Lipinski definition) is 2. The molecule has 0 unspecified atom stereocenters. The lowest BCUT2D eigenvalue weighted by molar-refractivity contribution is -0.119. The molecule has 0 aliphatic heterocycles. The number of nitrogens with one attached hydrogen (secondary N) is 2. The summed E-state index contributed by atoms with van der Waals surface area (Å²) in [7, 11) is 0. The Morgan fingerprint density at radius 3 is 2.88 bits per heavy atom. The van der Waals surface area contributed by atoms with Crippen LogP contribution in [0.4, 0.5) is 10.8 Å². The first-order chi connectivity index (χ1) is 12.0. The van der Waals surface area contributed by atoms with Gasteiger partial charge in [-0.05, 0) is 19.1 Å². The first-order valence-corrected chi connectivity index (χ1v) is 8.26.